The van der Waals surface area contributed by atoms with E-state index >= 15 is 0 Å². The predicted molar refractivity (Wildman–Crippen MR) is 232 cm³/mol. The van der Waals surface area contributed by atoms with Gasteiger partial charge in [0.05, 0.1) is 46.7 Å². The van der Waals surface area contributed by atoms with Crippen LogP contribution in [0.15, 0.2) is 97.2 Å². The molecule has 9 nitrogen and oxygen atoms in total. The van der Waals surface area contributed by atoms with Crippen molar-refractivity contribution in [1.82, 2.24) is 0 Å². The topological polar surface area (TPSA) is 111 Å². The number of ether oxygens (including phenoxy) is 4. The number of allylic oxidation sites excluding steroid dienone is 15. The van der Waals surface area contributed by atoms with Gasteiger partial charge in [-0.05, 0) is 70.6 Å². The summed E-state index contributed by atoms with van der Waals surface area (Å²) in [6.45, 7) is 4.35. The molecule has 0 N–H and O–H groups in total. The van der Waals surface area contributed by atoms with E-state index in [1.165, 1.54) is 19.3 Å². The Morgan fingerprint density at radius 1 is 0.544 bits per heavy atom. The number of hydrogen-bond acceptors (Lipinski definition) is 8. The van der Waals surface area contributed by atoms with Crippen LogP contribution in [-0.4, -0.2) is 82.3 Å². The number of carbonyl (C=O) groups is 3. The number of carboxylic acid groups (broad SMARTS) is 1. The van der Waals surface area contributed by atoms with Crippen LogP contribution in [0.3, 0.4) is 0 Å². The smallest absolute Gasteiger partial charge is 0.310 e. The molecule has 0 amide bonds. The molecule has 0 saturated heterocycles. The van der Waals surface area contributed by atoms with Gasteiger partial charge in [0.2, 0.25) is 0 Å². The fourth-order valence-corrected chi connectivity index (χ4v) is 5.09. The van der Waals surface area contributed by atoms with E-state index in [1.807, 2.05) is 33.3 Å². The van der Waals surface area contributed by atoms with Gasteiger partial charge in [-0.3, -0.25) is 9.59 Å². The van der Waals surface area contributed by atoms with Gasteiger partial charge in [0.15, 0.2) is 12.4 Å². The first-order valence-electron chi connectivity index (χ1n) is 21.4. The lowest BCUT2D eigenvalue weighted by Gasteiger charge is -2.26. The summed E-state index contributed by atoms with van der Waals surface area (Å²) in [5, 5.41) is 11.7. The quantitative estimate of drug-likeness (QED) is 0.0201. The Labute approximate surface area is 346 Å². The Hall–Kier alpha value is -3.79. The molecule has 0 bridgehead atoms. The summed E-state index contributed by atoms with van der Waals surface area (Å²) in [6.07, 6.45) is 47.6. The van der Waals surface area contributed by atoms with Gasteiger partial charge in [-0.25, -0.2) is 0 Å². The minimum absolute atomic E-state index is 0.00755. The minimum atomic E-state index is -1.65. The fourth-order valence-electron chi connectivity index (χ4n) is 5.09. The maximum absolute atomic E-state index is 12.7. The highest BCUT2D eigenvalue weighted by Crippen LogP contribution is 2.11. The number of esters is 2. The van der Waals surface area contributed by atoms with Crippen LogP contribution in [0.4, 0.5) is 0 Å². The van der Waals surface area contributed by atoms with Gasteiger partial charge in [-0.15, -0.1) is 0 Å². The Balaban J connectivity index is 4.62. The molecule has 0 spiro atoms. The number of nitrogens with zero attached hydrogens (tertiary/aromatic N) is 1. The van der Waals surface area contributed by atoms with Crippen molar-refractivity contribution >= 4 is 17.9 Å². The van der Waals surface area contributed by atoms with E-state index in [0.29, 0.717) is 23.9 Å². The fraction of sp³-hybridized carbons (Fsp3) is 0.604. The predicted octanol–water partition coefficient (Wildman–Crippen LogP) is 9.77. The number of likely N-dealkylation sites (N-methyl/N-ethyl adjacent to an activating group) is 1. The largest absolute Gasteiger partial charge is 0.545 e. The highest BCUT2D eigenvalue weighted by atomic mass is 16.7. The molecule has 9 heteroatoms. The van der Waals surface area contributed by atoms with Crippen LogP contribution in [0.5, 0.6) is 0 Å². The molecule has 0 heterocycles. The normalized spacial score (nSPS) is 13.9. The van der Waals surface area contributed by atoms with Crippen LogP contribution in [0.1, 0.15) is 129 Å². The Morgan fingerprint density at radius 2 is 1.00 bits per heavy atom. The zero-order chi connectivity index (χ0) is 42.1. The Bertz CT molecular complexity index is 1250. The molecule has 0 aromatic carbocycles. The van der Waals surface area contributed by atoms with Crippen molar-refractivity contribution in [2.75, 3.05) is 47.5 Å². The molecule has 0 fully saturated rings. The summed E-state index contributed by atoms with van der Waals surface area (Å²) in [5.41, 5.74) is 0. The van der Waals surface area contributed by atoms with Gasteiger partial charge >= 0.3 is 11.9 Å². The van der Waals surface area contributed by atoms with E-state index < -0.39 is 30.3 Å². The van der Waals surface area contributed by atoms with Crippen LogP contribution in [0.25, 0.3) is 0 Å². The molecule has 0 rings (SSSR count). The molecule has 0 aromatic rings. The molecule has 2 atom stereocenters. The molecule has 0 radical (unpaired) electrons. The van der Waals surface area contributed by atoms with Crippen molar-refractivity contribution in [2.24, 2.45) is 0 Å². The third-order valence-corrected chi connectivity index (χ3v) is 8.36. The van der Waals surface area contributed by atoms with E-state index in [2.05, 4.69) is 92.8 Å². The van der Waals surface area contributed by atoms with Crippen molar-refractivity contribution in [1.29, 1.82) is 0 Å². The molecular formula is C48H77NO8. The van der Waals surface area contributed by atoms with Gasteiger partial charge in [0, 0.05) is 6.42 Å². The summed E-state index contributed by atoms with van der Waals surface area (Å²) >= 11 is 0. The Kier molecular flexibility index (Phi) is 36.5. The SMILES string of the molecule is CC/C=C\C/C=C\C/C=C\C/C=C\C/C=C\CC(=O)OC(COC(=O)CCCCCCCCC/C=C\C/C=C\C/C=C\CC)COC(OCC[N+](C)(C)C)C(=O)[O-]. The maximum Gasteiger partial charge on any atom is 0.310 e. The van der Waals surface area contributed by atoms with Gasteiger partial charge in [0.1, 0.15) is 13.2 Å². The van der Waals surface area contributed by atoms with Crippen molar-refractivity contribution < 1.29 is 42.9 Å². The molecule has 0 aromatic heterocycles. The van der Waals surface area contributed by atoms with Crippen LogP contribution >= 0.6 is 0 Å². The zero-order valence-corrected chi connectivity index (χ0v) is 36.2. The molecule has 0 saturated carbocycles. The van der Waals surface area contributed by atoms with Crippen LogP contribution in [-0.2, 0) is 33.3 Å². The molecule has 2 unspecified atom stereocenters. The van der Waals surface area contributed by atoms with Gasteiger partial charge < -0.3 is 33.3 Å². The van der Waals surface area contributed by atoms with Crippen molar-refractivity contribution in [3.8, 4) is 0 Å². The summed E-state index contributed by atoms with van der Waals surface area (Å²) in [5.74, 6) is -2.48. The standard InChI is InChI=1S/C48H77NO8/c1-6-8-10-12-14-16-18-20-22-23-25-26-28-30-32-34-36-38-45(50)55-42-44(43-56-48(47(52)53)54-41-40-49(3,4)5)57-46(51)39-37-35-33-31-29-27-24-21-19-17-15-13-11-9-7-2/h8-11,14-17,20-22,24,29,31,35,37,44,48H,6-7,12-13,18-19,23,25-28,30,32-34,36,38-43H2,1-5H3/b10-8-,11-9-,16-14-,17-15-,22-20-,24-21-,31-29-,37-35-. The number of aliphatic carboxylic acids is 1. The number of quaternary nitrogens is 1. The zero-order valence-electron chi connectivity index (χ0n) is 36.2. The Morgan fingerprint density at radius 3 is 1.49 bits per heavy atom. The number of rotatable bonds is 37. The molecular weight excluding hydrogens is 719 g/mol. The minimum Gasteiger partial charge on any atom is -0.545 e. The summed E-state index contributed by atoms with van der Waals surface area (Å²) in [4.78, 5) is 36.9. The van der Waals surface area contributed by atoms with Gasteiger partial charge in [0.25, 0.3) is 0 Å². The summed E-state index contributed by atoms with van der Waals surface area (Å²) in [7, 11) is 5.86. The first-order chi connectivity index (χ1) is 27.6. The monoisotopic (exact) mass is 796 g/mol. The second-order valence-electron chi connectivity index (χ2n) is 14.9. The molecule has 0 aliphatic heterocycles. The van der Waals surface area contributed by atoms with Gasteiger partial charge in [-0.1, -0.05) is 143 Å². The lowest BCUT2D eigenvalue weighted by molar-refractivity contribution is -0.870. The molecule has 57 heavy (non-hydrogen) atoms. The van der Waals surface area contributed by atoms with E-state index in [1.54, 1.807) is 6.08 Å². The van der Waals surface area contributed by atoms with Crippen LogP contribution in [0, 0.1) is 0 Å². The van der Waals surface area contributed by atoms with E-state index in [9.17, 15) is 19.5 Å². The number of hydrogen-bond donors (Lipinski definition) is 0. The average Bonchev–Trinajstić information content (AvgIpc) is 3.17. The average molecular weight is 796 g/mol. The van der Waals surface area contributed by atoms with E-state index in [0.717, 1.165) is 70.6 Å². The van der Waals surface area contributed by atoms with Crippen molar-refractivity contribution in [3.63, 3.8) is 0 Å². The first-order valence-corrected chi connectivity index (χ1v) is 21.4. The van der Waals surface area contributed by atoms with Crippen molar-refractivity contribution in [3.05, 3.63) is 97.2 Å². The number of carboxylic acids is 1. The number of carbonyl (C=O) groups excluding carboxylic acids is 3. The van der Waals surface area contributed by atoms with Crippen LogP contribution < -0.4 is 5.11 Å². The summed E-state index contributed by atoms with van der Waals surface area (Å²) < 4.78 is 22.4. The van der Waals surface area contributed by atoms with Crippen LogP contribution in [0.2, 0.25) is 0 Å². The third kappa shape index (κ3) is 40.2. The lowest BCUT2D eigenvalue weighted by atomic mass is 10.1. The molecule has 0 aliphatic carbocycles. The first kappa shape index (κ1) is 53.2. The highest BCUT2D eigenvalue weighted by Gasteiger charge is 2.21. The lowest BCUT2D eigenvalue weighted by Crippen LogP contribution is -2.44. The van der Waals surface area contributed by atoms with E-state index in [4.69, 9.17) is 18.9 Å². The molecule has 322 valence electrons. The maximum atomic E-state index is 12.7. The van der Waals surface area contributed by atoms with E-state index in [-0.39, 0.29) is 32.7 Å². The van der Waals surface area contributed by atoms with Gasteiger partial charge in [-0.2, -0.15) is 0 Å². The second kappa shape index (κ2) is 39.1. The molecule has 0 aliphatic rings. The highest BCUT2D eigenvalue weighted by molar-refractivity contribution is 5.71. The number of unbranched alkanes of at least 4 members (excludes halogenated alkanes) is 7. The summed E-state index contributed by atoms with van der Waals surface area (Å²) in [6, 6.07) is 0. The second-order valence-corrected chi connectivity index (χ2v) is 14.9. The van der Waals surface area contributed by atoms with Crippen molar-refractivity contribution in [2.45, 2.75) is 142 Å². The third-order valence-electron chi connectivity index (χ3n) is 8.36.